The van der Waals surface area contributed by atoms with E-state index < -0.39 is 9.84 Å². The minimum Gasteiger partial charge on any atom is -0.508 e. The summed E-state index contributed by atoms with van der Waals surface area (Å²) in [7, 11) is -3.08. The average molecular weight is 285 g/mol. The smallest absolute Gasteiger partial charge is 0.254 e. The molecule has 0 aromatic heterocycles. The second-order valence-electron chi connectivity index (χ2n) is 4.54. The summed E-state index contributed by atoms with van der Waals surface area (Å²) < 4.78 is 22.9. The topological polar surface area (TPSA) is 94.9 Å². The van der Waals surface area contributed by atoms with Crippen molar-refractivity contribution in [2.24, 2.45) is 0 Å². The number of amides is 1. The Balaban J connectivity index is 2.19. The van der Waals surface area contributed by atoms with Crippen molar-refractivity contribution in [2.75, 3.05) is 24.6 Å². The van der Waals surface area contributed by atoms with Gasteiger partial charge in [0, 0.05) is 24.7 Å². The van der Waals surface area contributed by atoms with Crippen LogP contribution in [-0.2, 0) is 9.84 Å². The number of sulfone groups is 1. The lowest BCUT2D eigenvalue weighted by atomic mass is 10.1. The Kier molecular flexibility index (Phi) is 3.66. The van der Waals surface area contributed by atoms with Gasteiger partial charge < -0.3 is 15.1 Å². The molecule has 1 amide bonds. The van der Waals surface area contributed by atoms with E-state index in [-0.39, 0.29) is 41.0 Å². The van der Waals surface area contributed by atoms with Crippen molar-refractivity contribution in [3.63, 3.8) is 0 Å². The normalized spacial score (nSPS) is 18.8. The molecule has 0 unspecified atom stereocenters. The van der Waals surface area contributed by atoms with Crippen LogP contribution in [0.2, 0.25) is 0 Å². The molecule has 1 saturated heterocycles. The van der Waals surface area contributed by atoms with Crippen LogP contribution in [0.1, 0.15) is 16.8 Å². The first-order chi connectivity index (χ1) is 8.87. The Morgan fingerprint density at radius 1 is 1.05 bits per heavy atom. The highest BCUT2D eigenvalue weighted by Crippen LogP contribution is 2.22. The van der Waals surface area contributed by atoms with E-state index in [1.807, 2.05) is 0 Å². The molecule has 1 aliphatic rings. The van der Waals surface area contributed by atoms with Gasteiger partial charge in [-0.2, -0.15) is 0 Å². The molecule has 1 heterocycles. The number of phenols is 2. The molecule has 1 fully saturated rings. The first-order valence-corrected chi connectivity index (χ1v) is 7.72. The highest BCUT2D eigenvalue weighted by atomic mass is 32.2. The van der Waals surface area contributed by atoms with Gasteiger partial charge in [0.1, 0.15) is 11.5 Å². The highest BCUT2D eigenvalue weighted by molar-refractivity contribution is 7.91. The van der Waals surface area contributed by atoms with Crippen LogP contribution in [0.4, 0.5) is 0 Å². The Hall–Kier alpha value is -1.76. The van der Waals surface area contributed by atoms with Gasteiger partial charge >= 0.3 is 0 Å². The number of phenolic OH excluding ortho intramolecular Hbond substituents is 2. The fraction of sp³-hybridized carbons (Fsp3) is 0.417. The third-order valence-corrected chi connectivity index (χ3v) is 4.71. The van der Waals surface area contributed by atoms with Crippen molar-refractivity contribution >= 4 is 15.7 Å². The summed E-state index contributed by atoms with van der Waals surface area (Å²) in [5, 5.41) is 18.7. The lowest BCUT2D eigenvalue weighted by Gasteiger charge is -2.19. The molecule has 2 N–H and O–H groups in total. The van der Waals surface area contributed by atoms with Crippen LogP contribution in [0, 0.1) is 0 Å². The van der Waals surface area contributed by atoms with Gasteiger partial charge in [-0.1, -0.05) is 0 Å². The summed E-state index contributed by atoms with van der Waals surface area (Å²) in [5.41, 5.74) is 0.150. The van der Waals surface area contributed by atoms with Crippen molar-refractivity contribution in [1.82, 2.24) is 4.90 Å². The van der Waals surface area contributed by atoms with Gasteiger partial charge in [-0.05, 0) is 18.6 Å². The number of benzene rings is 1. The molecule has 19 heavy (non-hydrogen) atoms. The zero-order chi connectivity index (χ0) is 14.0. The van der Waals surface area contributed by atoms with Crippen LogP contribution in [0.3, 0.4) is 0 Å². The molecule has 2 rings (SSSR count). The first-order valence-electron chi connectivity index (χ1n) is 5.90. The maximum atomic E-state index is 12.2. The standard InChI is InChI=1S/C12H15NO5S/c14-10-6-9(7-11(15)8-10)12(16)13-2-1-4-19(17,18)5-3-13/h6-8,14-15H,1-5H2. The van der Waals surface area contributed by atoms with Gasteiger partial charge in [-0.15, -0.1) is 0 Å². The van der Waals surface area contributed by atoms with Crippen LogP contribution in [0.5, 0.6) is 11.5 Å². The number of rotatable bonds is 1. The molecule has 0 atom stereocenters. The van der Waals surface area contributed by atoms with Gasteiger partial charge in [0.2, 0.25) is 0 Å². The summed E-state index contributed by atoms with van der Waals surface area (Å²) >= 11 is 0. The molecule has 0 bridgehead atoms. The maximum absolute atomic E-state index is 12.2. The lowest BCUT2D eigenvalue weighted by Crippen LogP contribution is -2.33. The molecule has 7 heteroatoms. The van der Waals surface area contributed by atoms with E-state index in [9.17, 15) is 23.4 Å². The predicted molar refractivity (Wildman–Crippen MR) is 68.9 cm³/mol. The predicted octanol–water partition coefficient (Wildman–Crippen LogP) is 0.359. The third kappa shape index (κ3) is 3.37. The second-order valence-corrected chi connectivity index (χ2v) is 6.84. The zero-order valence-electron chi connectivity index (χ0n) is 10.2. The summed E-state index contributed by atoms with van der Waals surface area (Å²) in [5.74, 6) is -0.758. The van der Waals surface area contributed by atoms with Gasteiger partial charge in [0.15, 0.2) is 9.84 Å². The average Bonchev–Trinajstić information content (AvgIpc) is 2.48. The van der Waals surface area contributed by atoms with Crippen molar-refractivity contribution < 1.29 is 23.4 Å². The highest BCUT2D eigenvalue weighted by Gasteiger charge is 2.23. The molecule has 0 spiro atoms. The van der Waals surface area contributed by atoms with Crippen LogP contribution in [0.15, 0.2) is 18.2 Å². The molecule has 0 saturated carbocycles. The van der Waals surface area contributed by atoms with E-state index in [2.05, 4.69) is 0 Å². The van der Waals surface area contributed by atoms with E-state index in [0.29, 0.717) is 13.0 Å². The zero-order valence-corrected chi connectivity index (χ0v) is 11.1. The molecule has 1 aliphatic heterocycles. The number of hydrogen-bond acceptors (Lipinski definition) is 5. The summed E-state index contributed by atoms with van der Waals surface area (Å²) in [4.78, 5) is 13.6. The molecule has 1 aromatic rings. The van der Waals surface area contributed by atoms with Crippen LogP contribution in [-0.4, -0.2) is 54.0 Å². The van der Waals surface area contributed by atoms with Gasteiger partial charge in [-0.3, -0.25) is 4.79 Å². The van der Waals surface area contributed by atoms with Crippen LogP contribution in [0.25, 0.3) is 0 Å². The van der Waals surface area contributed by atoms with E-state index >= 15 is 0 Å². The van der Waals surface area contributed by atoms with Crippen molar-refractivity contribution in [3.8, 4) is 11.5 Å². The lowest BCUT2D eigenvalue weighted by molar-refractivity contribution is 0.0767. The molecular formula is C12H15NO5S. The van der Waals surface area contributed by atoms with Crippen molar-refractivity contribution in [3.05, 3.63) is 23.8 Å². The number of carbonyl (C=O) groups excluding carboxylic acids is 1. The van der Waals surface area contributed by atoms with Crippen LogP contribution < -0.4 is 0 Å². The monoisotopic (exact) mass is 285 g/mol. The van der Waals surface area contributed by atoms with Crippen molar-refractivity contribution in [2.45, 2.75) is 6.42 Å². The summed E-state index contributed by atoms with van der Waals surface area (Å²) in [6.07, 6.45) is 0.402. The fourth-order valence-electron chi connectivity index (χ4n) is 2.04. The van der Waals surface area contributed by atoms with Crippen molar-refractivity contribution in [1.29, 1.82) is 0 Å². The fourth-order valence-corrected chi connectivity index (χ4v) is 3.31. The van der Waals surface area contributed by atoms with E-state index in [1.165, 1.54) is 17.0 Å². The van der Waals surface area contributed by atoms with Gasteiger partial charge in [-0.25, -0.2) is 8.42 Å². The minimum atomic E-state index is -3.08. The second kappa shape index (κ2) is 5.08. The summed E-state index contributed by atoms with van der Waals surface area (Å²) in [6, 6.07) is 3.63. The van der Waals surface area contributed by atoms with E-state index in [4.69, 9.17) is 0 Å². The Morgan fingerprint density at radius 3 is 2.32 bits per heavy atom. The molecular weight excluding hydrogens is 270 g/mol. The van der Waals surface area contributed by atoms with E-state index in [1.54, 1.807) is 0 Å². The summed E-state index contributed by atoms with van der Waals surface area (Å²) in [6.45, 7) is 0.492. The molecule has 0 radical (unpaired) electrons. The van der Waals surface area contributed by atoms with Gasteiger partial charge in [0.25, 0.3) is 5.91 Å². The largest absolute Gasteiger partial charge is 0.508 e. The first kappa shape index (κ1) is 13.7. The number of hydrogen-bond donors (Lipinski definition) is 2. The third-order valence-electron chi connectivity index (χ3n) is 2.99. The molecule has 0 aliphatic carbocycles. The Bertz CT molecular complexity index is 576. The number of carbonyl (C=O) groups is 1. The van der Waals surface area contributed by atoms with Crippen LogP contribution >= 0.6 is 0 Å². The SMILES string of the molecule is O=C(c1cc(O)cc(O)c1)N1CCCS(=O)(=O)CC1. The number of aromatic hydroxyl groups is 2. The Labute approximate surface area is 111 Å². The Morgan fingerprint density at radius 2 is 1.68 bits per heavy atom. The molecule has 6 nitrogen and oxygen atoms in total. The molecule has 104 valence electrons. The van der Waals surface area contributed by atoms with Gasteiger partial charge in [0.05, 0.1) is 11.5 Å². The maximum Gasteiger partial charge on any atom is 0.254 e. The number of nitrogens with zero attached hydrogens (tertiary/aromatic N) is 1. The quantitative estimate of drug-likeness (QED) is 0.776. The van der Waals surface area contributed by atoms with E-state index in [0.717, 1.165) is 6.07 Å². The molecule has 1 aromatic carbocycles. The minimum absolute atomic E-state index is 0.0520.